The molecule has 5 rings (SSSR count). The molecule has 4 aromatic carbocycles. The second-order valence-corrected chi connectivity index (χ2v) is 12.1. The van der Waals surface area contributed by atoms with E-state index in [2.05, 4.69) is 5.32 Å². The predicted molar refractivity (Wildman–Crippen MR) is 173 cm³/mol. The molecule has 1 heterocycles. The SMILES string of the molecule is O=C(O)CCC(=O)NCc1cccc(-c2ccc([C@@H]3O[C@H](CSc4ccc(C(=O)O)cc4)C[C@H](c4ccc(CO)cc4)O3)cc2)c1. The van der Waals surface area contributed by atoms with Crippen LogP contribution in [0.25, 0.3) is 11.1 Å². The zero-order valence-corrected chi connectivity index (χ0v) is 25.8. The fourth-order valence-corrected chi connectivity index (χ4v) is 6.03. The first-order valence-electron chi connectivity index (χ1n) is 14.9. The third-order valence-corrected chi connectivity index (χ3v) is 8.79. The van der Waals surface area contributed by atoms with Gasteiger partial charge < -0.3 is 30.1 Å². The molecule has 4 aromatic rings. The number of aliphatic hydroxyl groups excluding tert-OH is 1. The van der Waals surface area contributed by atoms with Gasteiger partial charge in [-0.1, -0.05) is 66.7 Å². The predicted octanol–water partition coefficient (Wildman–Crippen LogP) is 6.36. The molecule has 1 saturated heterocycles. The first-order chi connectivity index (χ1) is 22.3. The van der Waals surface area contributed by atoms with Crippen LogP contribution < -0.4 is 5.32 Å². The lowest BCUT2D eigenvalue weighted by molar-refractivity contribution is -0.245. The summed E-state index contributed by atoms with van der Waals surface area (Å²) in [5.41, 5.74) is 5.78. The van der Waals surface area contributed by atoms with Crippen molar-refractivity contribution >= 4 is 29.6 Å². The van der Waals surface area contributed by atoms with E-state index in [1.165, 1.54) is 0 Å². The summed E-state index contributed by atoms with van der Waals surface area (Å²) >= 11 is 1.60. The monoisotopic (exact) mass is 641 g/mol. The number of amides is 1. The highest BCUT2D eigenvalue weighted by Gasteiger charge is 2.32. The van der Waals surface area contributed by atoms with Gasteiger partial charge in [0.15, 0.2) is 6.29 Å². The van der Waals surface area contributed by atoms with Crippen LogP contribution in [0, 0.1) is 0 Å². The zero-order valence-electron chi connectivity index (χ0n) is 25.0. The molecule has 0 saturated carbocycles. The largest absolute Gasteiger partial charge is 0.481 e. The van der Waals surface area contributed by atoms with Gasteiger partial charge in [0.05, 0.1) is 30.8 Å². The zero-order chi connectivity index (χ0) is 32.5. The van der Waals surface area contributed by atoms with Crippen molar-refractivity contribution in [3.63, 3.8) is 0 Å². The van der Waals surface area contributed by atoms with Crippen molar-refractivity contribution in [1.82, 2.24) is 5.32 Å². The number of carboxylic acids is 2. The van der Waals surface area contributed by atoms with Crippen molar-refractivity contribution in [3.8, 4) is 11.1 Å². The second-order valence-electron chi connectivity index (χ2n) is 11.0. The molecule has 238 valence electrons. The van der Waals surface area contributed by atoms with E-state index in [-0.39, 0.29) is 43.1 Å². The fraction of sp³-hybridized carbons (Fsp3) is 0.250. The van der Waals surface area contributed by atoms with Gasteiger partial charge in [0.1, 0.15) is 0 Å². The lowest BCUT2D eigenvalue weighted by atomic mass is 9.99. The number of carbonyl (C=O) groups excluding carboxylic acids is 1. The number of carbonyl (C=O) groups is 3. The molecular weight excluding hydrogens is 606 g/mol. The van der Waals surface area contributed by atoms with Crippen LogP contribution in [0.2, 0.25) is 0 Å². The van der Waals surface area contributed by atoms with E-state index >= 15 is 0 Å². The van der Waals surface area contributed by atoms with E-state index in [9.17, 15) is 24.6 Å². The Morgan fingerprint density at radius 3 is 2.17 bits per heavy atom. The maximum absolute atomic E-state index is 11.9. The summed E-state index contributed by atoms with van der Waals surface area (Å²) in [6.45, 7) is 0.270. The first kappa shape index (κ1) is 32.9. The Hall–Kier alpha value is -4.48. The lowest BCUT2D eigenvalue weighted by Crippen LogP contribution is -2.31. The van der Waals surface area contributed by atoms with Crippen LogP contribution in [0.4, 0.5) is 0 Å². The summed E-state index contributed by atoms with van der Waals surface area (Å²) in [5, 5.41) is 30.2. The smallest absolute Gasteiger partial charge is 0.335 e. The quantitative estimate of drug-likeness (QED) is 0.123. The molecule has 9 nitrogen and oxygen atoms in total. The standard InChI is InChI=1S/C36H35NO8S/c38-21-23-4-6-26(7-5-23)32-19-30(22-46-31-14-12-27(13-15-31)35(42)43)44-36(45-32)28-10-8-25(9-11-28)29-3-1-2-24(18-29)20-37-33(39)16-17-34(40)41/h1-15,18,30,32,36,38H,16-17,19-22H2,(H,37,39)(H,40,41)(H,42,43)/t30-,32+,36+/m0/s1. The second kappa shape index (κ2) is 15.7. The minimum Gasteiger partial charge on any atom is -0.481 e. The molecule has 0 aliphatic carbocycles. The molecule has 0 bridgehead atoms. The highest BCUT2D eigenvalue weighted by molar-refractivity contribution is 7.99. The van der Waals surface area contributed by atoms with E-state index in [1.807, 2.05) is 72.8 Å². The number of aromatic carboxylic acids is 1. The molecule has 0 radical (unpaired) electrons. The lowest BCUT2D eigenvalue weighted by Gasteiger charge is -2.36. The van der Waals surface area contributed by atoms with Gasteiger partial charge in [-0.3, -0.25) is 9.59 Å². The van der Waals surface area contributed by atoms with Gasteiger partial charge in [0, 0.05) is 35.6 Å². The number of aliphatic hydroxyl groups is 1. The van der Waals surface area contributed by atoms with E-state index in [0.29, 0.717) is 18.7 Å². The van der Waals surface area contributed by atoms with Crippen molar-refractivity contribution in [2.24, 2.45) is 0 Å². The molecule has 0 spiro atoms. The Kier molecular flexibility index (Phi) is 11.2. The van der Waals surface area contributed by atoms with Crippen LogP contribution in [0.1, 0.15) is 64.3 Å². The molecule has 0 aromatic heterocycles. The van der Waals surface area contributed by atoms with Gasteiger partial charge in [-0.15, -0.1) is 11.8 Å². The van der Waals surface area contributed by atoms with Crippen LogP contribution in [0.5, 0.6) is 0 Å². The average Bonchev–Trinajstić information content (AvgIpc) is 3.09. The van der Waals surface area contributed by atoms with Crippen molar-refractivity contribution in [2.45, 2.75) is 55.8 Å². The Morgan fingerprint density at radius 1 is 0.783 bits per heavy atom. The summed E-state index contributed by atoms with van der Waals surface area (Å²) < 4.78 is 12.9. The molecule has 46 heavy (non-hydrogen) atoms. The van der Waals surface area contributed by atoms with Crippen LogP contribution >= 0.6 is 11.8 Å². The molecule has 1 amide bonds. The van der Waals surface area contributed by atoms with Crippen molar-refractivity contribution in [2.75, 3.05) is 5.75 Å². The maximum atomic E-state index is 11.9. The molecule has 1 aliphatic rings. The minimum atomic E-state index is -1.00. The summed E-state index contributed by atoms with van der Waals surface area (Å²) in [5.74, 6) is -1.62. The highest BCUT2D eigenvalue weighted by atomic mass is 32.2. The number of thioether (sulfide) groups is 1. The number of ether oxygens (including phenoxy) is 2. The van der Waals surface area contributed by atoms with Crippen LogP contribution in [-0.4, -0.2) is 45.0 Å². The van der Waals surface area contributed by atoms with E-state index in [4.69, 9.17) is 14.6 Å². The summed E-state index contributed by atoms with van der Waals surface area (Å²) in [4.78, 5) is 34.8. The van der Waals surface area contributed by atoms with Gasteiger partial charge in [0.25, 0.3) is 0 Å². The van der Waals surface area contributed by atoms with E-state index in [1.54, 1.807) is 36.0 Å². The van der Waals surface area contributed by atoms with E-state index in [0.717, 1.165) is 38.3 Å². The normalized spacial score (nSPS) is 17.7. The van der Waals surface area contributed by atoms with Crippen molar-refractivity contribution in [1.29, 1.82) is 0 Å². The summed E-state index contributed by atoms with van der Waals surface area (Å²) in [6, 6.07) is 30.3. The Balaban J connectivity index is 1.28. The van der Waals surface area contributed by atoms with Gasteiger partial charge >= 0.3 is 11.9 Å². The van der Waals surface area contributed by atoms with Crippen LogP contribution in [-0.2, 0) is 32.2 Å². The maximum Gasteiger partial charge on any atom is 0.335 e. The number of benzene rings is 4. The average molecular weight is 642 g/mol. The van der Waals surface area contributed by atoms with Gasteiger partial charge in [-0.2, -0.15) is 0 Å². The fourth-order valence-electron chi connectivity index (χ4n) is 5.11. The molecule has 3 atom stereocenters. The molecule has 10 heteroatoms. The molecule has 4 N–H and O–H groups in total. The molecule has 1 fully saturated rings. The number of aliphatic carboxylic acids is 1. The van der Waals surface area contributed by atoms with Gasteiger partial charge in [-0.05, 0) is 58.1 Å². The number of rotatable bonds is 13. The van der Waals surface area contributed by atoms with Gasteiger partial charge in [0.2, 0.25) is 5.91 Å². The molecule has 1 aliphatic heterocycles. The van der Waals surface area contributed by atoms with Crippen LogP contribution in [0.3, 0.4) is 0 Å². The summed E-state index contributed by atoms with van der Waals surface area (Å²) in [6.07, 6.45) is -0.618. The molecule has 0 unspecified atom stereocenters. The Morgan fingerprint density at radius 2 is 1.50 bits per heavy atom. The number of hydrogen-bond acceptors (Lipinski definition) is 7. The number of nitrogens with one attached hydrogen (secondary N) is 1. The van der Waals surface area contributed by atoms with E-state index < -0.39 is 18.2 Å². The highest BCUT2D eigenvalue weighted by Crippen LogP contribution is 2.40. The third-order valence-electron chi connectivity index (χ3n) is 7.65. The van der Waals surface area contributed by atoms with Crippen LogP contribution in [0.15, 0.2) is 102 Å². The minimum absolute atomic E-state index is 0.0336. The Bertz CT molecular complexity index is 1640. The topological polar surface area (TPSA) is 142 Å². The third kappa shape index (κ3) is 9.04. The Labute approximate surface area is 271 Å². The van der Waals surface area contributed by atoms with Crippen molar-refractivity contribution in [3.05, 3.63) is 125 Å². The number of hydrogen-bond donors (Lipinski definition) is 4. The number of carboxylic acid groups (broad SMARTS) is 2. The van der Waals surface area contributed by atoms with Gasteiger partial charge in [-0.25, -0.2) is 4.79 Å². The first-order valence-corrected chi connectivity index (χ1v) is 15.9. The van der Waals surface area contributed by atoms with Crippen molar-refractivity contribution < 1.29 is 39.2 Å². The summed E-state index contributed by atoms with van der Waals surface area (Å²) in [7, 11) is 0. The molecular formula is C36H35NO8S.